The highest BCUT2D eigenvalue weighted by atomic mass is 16.4. The summed E-state index contributed by atoms with van der Waals surface area (Å²) in [7, 11) is 0. The summed E-state index contributed by atoms with van der Waals surface area (Å²) in [6.45, 7) is 3.11. The number of phenols is 2. The van der Waals surface area contributed by atoms with Crippen LogP contribution in [0.2, 0.25) is 0 Å². The number of rotatable bonds is 4. The number of hydrazine groups is 1. The van der Waals surface area contributed by atoms with Crippen LogP contribution in [0.4, 0.5) is 0 Å². The predicted molar refractivity (Wildman–Crippen MR) is 61.6 cm³/mol. The molecule has 6 N–H and O–H groups in total. The fourth-order valence-corrected chi connectivity index (χ4v) is 1.52. The standard InChI is InChI=1S/C11H16N2O4/c1-6(11(2,13-12)10(16)17)7-3-4-8(14)9(15)5-7/h3-6,13-15H,12H2,1-2H3,(H,16,17). The minimum absolute atomic E-state index is 0.251. The van der Waals surface area contributed by atoms with Crippen molar-refractivity contribution < 1.29 is 20.1 Å². The number of benzene rings is 1. The molecule has 0 saturated carbocycles. The van der Waals surface area contributed by atoms with Crippen molar-refractivity contribution in [2.24, 2.45) is 5.84 Å². The van der Waals surface area contributed by atoms with Crippen LogP contribution < -0.4 is 11.3 Å². The molecule has 94 valence electrons. The van der Waals surface area contributed by atoms with Crippen molar-refractivity contribution in [3.05, 3.63) is 23.8 Å². The molecule has 0 saturated heterocycles. The van der Waals surface area contributed by atoms with E-state index in [0.717, 1.165) is 0 Å². The summed E-state index contributed by atoms with van der Waals surface area (Å²) in [4.78, 5) is 11.2. The quantitative estimate of drug-likeness (QED) is 0.297. The van der Waals surface area contributed by atoms with Crippen LogP contribution in [0.5, 0.6) is 11.5 Å². The van der Waals surface area contributed by atoms with Crippen LogP contribution in [-0.4, -0.2) is 26.8 Å². The maximum atomic E-state index is 11.2. The molecule has 0 radical (unpaired) electrons. The van der Waals surface area contributed by atoms with Crippen molar-refractivity contribution in [1.82, 2.24) is 5.43 Å². The van der Waals surface area contributed by atoms with Crippen LogP contribution in [0, 0.1) is 0 Å². The first kappa shape index (κ1) is 13.3. The molecule has 0 aromatic heterocycles. The summed E-state index contributed by atoms with van der Waals surface area (Å²) in [5, 5.41) is 27.7. The predicted octanol–water partition coefficient (Wildman–Crippen LogP) is 0.508. The Balaban J connectivity index is 3.14. The van der Waals surface area contributed by atoms with Gasteiger partial charge < -0.3 is 15.3 Å². The Kier molecular flexibility index (Phi) is 3.59. The van der Waals surface area contributed by atoms with Crippen LogP contribution in [0.25, 0.3) is 0 Å². The summed E-state index contributed by atoms with van der Waals surface area (Å²) in [5.41, 5.74) is 1.47. The van der Waals surface area contributed by atoms with Crippen LogP contribution in [-0.2, 0) is 4.79 Å². The molecule has 6 heteroatoms. The largest absolute Gasteiger partial charge is 0.504 e. The number of carbonyl (C=O) groups is 1. The van der Waals surface area contributed by atoms with Crippen molar-refractivity contribution in [2.75, 3.05) is 0 Å². The van der Waals surface area contributed by atoms with Gasteiger partial charge >= 0.3 is 5.97 Å². The zero-order valence-electron chi connectivity index (χ0n) is 9.64. The van der Waals surface area contributed by atoms with E-state index in [-0.39, 0.29) is 11.5 Å². The smallest absolute Gasteiger partial charge is 0.325 e. The zero-order valence-corrected chi connectivity index (χ0v) is 9.64. The minimum Gasteiger partial charge on any atom is -0.504 e. The minimum atomic E-state index is -1.36. The second-order valence-corrected chi connectivity index (χ2v) is 4.12. The lowest BCUT2D eigenvalue weighted by Crippen LogP contribution is -2.56. The Bertz CT molecular complexity index is 435. The van der Waals surface area contributed by atoms with E-state index in [2.05, 4.69) is 5.43 Å². The first-order chi connectivity index (χ1) is 7.82. The number of hydrogen-bond donors (Lipinski definition) is 5. The summed E-state index contributed by atoms with van der Waals surface area (Å²) in [5.74, 6) is 3.14. The lowest BCUT2D eigenvalue weighted by Gasteiger charge is -2.31. The van der Waals surface area contributed by atoms with E-state index in [1.165, 1.54) is 25.1 Å². The van der Waals surface area contributed by atoms with Gasteiger partial charge in [-0.15, -0.1) is 0 Å². The molecule has 0 heterocycles. The van der Waals surface area contributed by atoms with Crippen LogP contribution in [0.1, 0.15) is 25.3 Å². The Morgan fingerprint density at radius 1 is 1.41 bits per heavy atom. The van der Waals surface area contributed by atoms with E-state index >= 15 is 0 Å². The molecule has 1 rings (SSSR count). The van der Waals surface area contributed by atoms with Crippen molar-refractivity contribution in [3.8, 4) is 11.5 Å². The second-order valence-electron chi connectivity index (χ2n) is 4.12. The van der Waals surface area contributed by atoms with Gasteiger partial charge in [0.1, 0.15) is 5.54 Å². The molecule has 17 heavy (non-hydrogen) atoms. The molecular formula is C11H16N2O4. The normalized spacial score (nSPS) is 16.2. The molecule has 0 aliphatic rings. The molecule has 1 aromatic carbocycles. The van der Waals surface area contributed by atoms with E-state index in [4.69, 9.17) is 10.9 Å². The summed E-state index contributed by atoms with van der Waals surface area (Å²) >= 11 is 0. The molecule has 0 aliphatic carbocycles. The van der Waals surface area contributed by atoms with E-state index in [0.29, 0.717) is 5.56 Å². The molecule has 2 atom stereocenters. The molecule has 0 spiro atoms. The van der Waals surface area contributed by atoms with Crippen LogP contribution in [0.15, 0.2) is 18.2 Å². The van der Waals surface area contributed by atoms with E-state index in [9.17, 15) is 15.0 Å². The number of carboxylic acids is 1. The number of aliphatic carboxylic acids is 1. The molecule has 2 unspecified atom stereocenters. The second kappa shape index (κ2) is 4.60. The van der Waals surface area contributed by atoms with Gasteiger partial charge in [0.2, 0.25) is 0 Å². The lowest BCUT2D eigenvalue weighted by molar-refractivity contribution is -0.145. The monoisotopic (exact) mass is 240 g/mol. The average molecular weight is 240 g/mol. The third-order valence-corrected chi connectivity index (χ3v) is 3.11. The average Bonchev–Trinajstić information content (AvgIpc) is 2.30. The number of nitrogens with two attached hydrogens (primary N) is 1. The Morgan fingerprint density at radius 3 is 2.41 bits per heavy atom. The Hall–Kier alpha value is -1.79. The Labute approximate surface area is 98.7 Å². The fourth-order valence-electron chi connectivity index (χ4n) is 1.52. The maximum Gasteiger partial charge on any atom is 0.325 e. The van der Waals surface area contributed by atoms with Crippen molar-refractivity contribution >= 4 is 5.97 Å². The highest BCUT2D eigenvalue weighted by Crippen LogP contribution is 2.33. The topological polar surface area (TPSA) is 116 Å². The SMILES string of the molecule is CC(c1ccc(O)c(O)c1)C(C)(NN)C(=O)O. The lowest BCUT2D eigenvalue weighted by atomic mass is 9.82. The first-order valence-corrected chi connectivity index (χ1v) is 5.06. The van der Waals surface area contributed by atoms with Gasteiger partial charge in [0, 0.05) is 5.92 Å². The zero-order chi connectivity index (χ0) is 13.2. The van der Waals surface area contributed by atoms with Gasteiger partial charge in [-0.25, -0.2) is 5.43 Å². The number of hydrogen-bond acceptors (Lipinski definition) is 5. The van der Waals surface area contributed by atoms with Gasteiger partial charge in [0.15, 0.2) is 11.5 Å². The van der Waals surface area contributed by atoms with Crippen LogP contribution in [0.3, 0.4) is 0 Å². The third-order valence-electron chi connectivity index (χ3n) is 3.11. The van der Waals surface area contributed by atoms with Gasteiger partial charge in [0.05, 0.1) is 0 Å². The number of carboxylic acid groups (broad SMARTS) is 1. The molecule has 1 aromatic rings. The van der Waals surface area contributed by atoms with E-state index < -0.39 is 17.4 Å². The highest BCUT2D eigenvalue weighted by molar-refractivity contribution is 5.79. The van der Waals surface area contributed by atoms with Crippen molar-refractivity contribution in [1.29, 1.82) is 0 Å². The highest BCUT2D eigenvalue weighted by Gasteiger charge is 2.39. The maximum absolute atomic E-state index is 11.2. The summed E-state index contributed by atoms with van der Waals surface area (Å²) in [6.07, 6.45) is 0. The summed E-state index contributed by atoms with van der Waals surface area (Å²) in [6, 6.07) is 4.16. The van der Waals surface area contributed by atoms with Gasteiger partial charge in [-0.1, -0.05) is 13.0 Å². The van der Waals surface area contributed by atoms with E-state index in [1.807, 2.05) is 0 Å². The van der Waals surface area contributed by atoms with Gasteiger partial charge in [-0.3, -0.25) is 10.6 Å². The third kappa shape index (κ3) is 2.32. The van der Waals surface area contributed by atoms with Crippen molar-refractivity contribution in [2.45, 2.75) is 25.3 Å². The van der Waals surface area contributed by atoms with Crippen LogP contribution >= 0.6 is 0 Å². The molecule has 0 amide bonds. The molecule has 0 fully saturated rings. The first-order valence-electron chi connectivity index (χ1n) is 5.06. The van der Waals surface area contributed by atoms with Gasteiger partial charge in [-0.2, -0.15) is 0 Å². The fraction of sp³-hybridized carbons (Fsp3) is 0.364. The molecule has 6 nitrogen and oxygen atoms in total. The summed E-state index contributed by atoms with van der Waals surface area (Å²) < 4.78 is 0. The molecule has 0 aliphatic heterocycles. The van der Waals surface area contributed by atoms with Gasteiger partial charge in [-0.05, 0) is 24.6 Å². The van der Waals surface area contributed by atoms with Crippen molar-refractivity contribution in [3.63, 3.8) is 0 Å². The number of aromatic hydroxyl groups is 2. The van der Waals surface area contributed by atoms with E-state index in [1.54, 1.807) is 6.92 Å². The van der Waals surface area contributed by atoms with Gasteiger partial charge in [0.25, 0.3) is 0 Å². The molecular weight excluding hydrogens is 224 g/mol. The Morgan fingerprint density at radius 2 is 2.00 bits per heavy atom. The number of nitrogens with one attached hydrogen (secondary N) is 1. The number of phenolic OH excluding ortho intramolecular Hbond substituents is 2. The molecule has 0 bridgehead atoms.